The number of hydrogen-bond donors (Lipinski definition) is 1. The molecule has 7 nitrogen and oxygen atoms in total. The number of halogens is 2. The molecule has 3 rings (SSSR count). The zero-order chi connectivity index (χ0) is 21.0. The zero-order valence-corrected chi connectivity index (χ0v) is 16.9. The van der Waals surface area contributed by atoms with Crippen molar-refractivity contribution >= 4 is 33.4 Å². The van der Waals surface area contributed by atoms with E-state index in [1.165, 1.54) is 33.5 Å². The van der Waals surface area contributed by atoms with Gasteiger partial charge < -0.3 is 10.2 Å². The maximum absolute atomic E-state index is 12.9. The minimum Gasteiger partial charge on any atom is -0.343 e. The van der Waals surface area contributed by atoms with Crippen molar-refractivity contribution in [3.8, 4) is 0 Å². The minimum atomic E-state index is -3.74. The number of nitrogens with one attached hydrogen (secondary N) is 1. The van der Waals surface area contributed by atoms with E-state index in [1.54, 1.807) is 12.1 Å². The average Bonchev–Trinajstić information content (AvgIpc) is 2.72. The topological polar surface area (TPSA) is 86.8 Å². The maximum atomic E-state index is 12.9. The molecule has 1 aliphatic heterocycles. The highest BCUT2D eigenvalue weighted by Crippen LogP contribution is 2.24. The average molecular weight is 440 g/mol. The second kappa shape index (κ2) is 8.89. The fourth-order valence-corrected chi connectivity index (χ4v) is 4.86. The van der Waals surface area contributed by atoms with Crippen LogP contribution >= 0.6 is 11.6 Å². The van der Waals surface area contributed by atoms with Gasteiger partial charge in [-0.15, -0.1) is 0 Å². The Hall–Kier alpha value is -2.49. The molecule has 0 atom stereocenters. The van der Waals surface area contributed by atoms with Crippen LogP contribution in [0.5, 0.6) is 0 Å². The molecular formula is C19H19ClFN3O4S. The molecule has 0 aromatic heterocycles. The fraction of sp³-hybridized carbons (Fsp3) is 0.263. The van der Waals surface area contributed by atoms with E-state index in [9.17, 15) is 22.4 Å². The van der Waals surface area contributed by atoms with Crippen LogP contribution in [0, 0.1) is 5.82 Å². The van der Waals surface area contributed by atoms with Crippen molar-refractivity contribution in [1.82, 2.24) is 14.5 Å². The highest BCUT2D eigenvalue weighted by atomic mass is 35.5. The Labute approximate surface area is 173 Å². The van der Waals surface area contributed by atoms with Crippen molar-refractivity contribution in [3.05, 3.63) is 64.9 Å². The van der Waals surface area contributed by atoms with E-state index < -0.39 is 21.7 Å². The predicted molar refractivity (Wildman–Crippen MR) is 106 cm³/mol. The lowest BCUT2D eigenvalue weighted by Crippen LogP contribution is -2.52. The van der Waals surface area contributed by atoms with Gasteiger partial charge in [0.15, 0.2) is 0 Å². The summed E-state index contributed by atoms with van der Waals surface area (Å²) in [7, 11) is -3.74. The third-order valence-electron chi connectivity index (χ3n) is 4.55. The molecule has 2 amide bonds. The molecule has 0 saturated carbocycles. The normalized spacial score (nSPS) is 15.2. The summed E-state index contributed by atoms with van der Waals surface area (Å²) >= 11 is 6.01. The molecule has 2 aromatic rings. The molecule has 0 aliphatic carbocycles. The van der Waals surface area contributed by atoms with E-state index >= 15 is 0 Å². The fourth-order valence-electron chi connectivity index (χ4n) is 2.94. The second-order valence-corrected chi connectivity index (χ2v) is 8.72. The first-order valence-corrected chi connectivity index (χ1v) is 10.7. The molecule has 29 heavy (non-hydrogen) atoms. The van der Waals surface area contributed by atoms with Crippen LogP contribution in [0.4, 0.5) is 4.39 Å². The SMILES string of the molecule is O=C(NCC(=O)N1CCN(S(=O)(=O)c2ccccc2Cl)CC1)c1ccc(F)cc1. The molecule has 1 saturated heterocycles. The van der Waals surface area contributed by atoms with Gasteiger partial charge >= 0.3 is 0 Å². The van der Waals surface area contributed by atoms with Gasteiger partial charge in [0.2, 0.25) is 15.9 Å². The van der Waals surface area contributed by atoms with Gasteiger partial charge in [-0.2, -0.15) is 4.31 Å². The molecule has 1 N–H and O–H groups in total. The molecule has 2 aromatic carbocycles. The molecule has 1 heterocycles. The lowest BCUT2D eigenvalue weighted by Gasteiger charge is -2.34. The summed E-state index contributed by atoms with van der Waals surface area (Å²) in [6.45, 7) is 0.438. The van der Waals surface area contributed by atoms with Gasteiger partial charge in [-0.05, 0) is 36.4 Å². The Kier molecular flexibility index (Phi) is 6.51. The quantitative estimate of drug-likeness (QED) is 0.768. The third kappa shape index (κ3) is 4.92. The molecule has 0 spiro atoms. The summed E-state index contributed by atoms with van der Waals surface area (Å²) in [5, 5.41) is 2.64. The molecule has 10 heteroatoms. The lowest BCUT2D eigenvalue weighted by molar-refractivity contribution is -0.131. The van der Waals surface area contributed by atoms with Crippen molar-refractivity contribution in [2.24, 2.45) is 0 Å². The van der Waals surface area contributed by atoms with Gasteiger partial charge in [0.25, 0.3) is 5.91 Å². The first-order valence-electron chi connectivity index (χ1n) is 8.85. The Balaban J connectivity index is 1.53. The predicted octanol–water partition coefficient (Wildman–Crippen LogP) is 1.74. The Bertz CT molecular complexity index is 1010. The van der Waals surface area contributed by atoms with Crippen molar-refractivity contribution < 1.29 is 22.4 Å². The van der Waals surface area contributed by atoms with Crippen molar-refractivity contribution in [3.63, 3.8) is 0 Å². The van der Waals surface area contributed by atoms with Gasteiger partial charge in [-0.25, -0.2) is 12.8 Å². The first kappa shape index (κ1) is 21.2. The highest BCUT2D eigenvalue weighted by Gasteiger charge is 2.31. The van der Waals surface area contributed by atoms with Gasteiger partial charge in [-0.3, -0.25) is 9.59 Å². The summed E-state index contributed by atoms with van der Waals surface area (Å²) < 4.78 is 39.7. The third-order valence-corrected chi connectivity index (χ3v) is 6.95. The van der Waals surface area contributed by atoms with E-state index in [-0.39, 0.29) is 54.1 Å². The van der Waals surface area contributed by atoms with Crippen molar-refractivity contribution in [2.75, 3.05) is 32.7 Å². The van der Waals surface area contributed by atoms with Crippen LogP contribution in [0.25, 0.3) is 0 Å². The Morgan fingerprint density at radius 1 is 1.00 bits per heavy atom. The smallest absolute Gasteiger partial charge is 0.251 e. The van der Waals surface area contributed by atoms with Crippen molar-refractivity contribution in [1.29, 1.82) is 0 Å². The number of rotatable bonds is 5. The molecule has 0 unspecified atom stereocenters. The van der Waals surface area contributed by atoms with Crippen molar-refractivity contribution in [2.45, 2.75) is 4.90 Å². The van der Waals surface area contributed by atoms with Gasteiger partial charge in [-0.1, -0.05) is 23.7 Å². The van der Waals surface area contributed by atoms with Crippen LogP contribution in [0.3, 0.4) is 0 Å². The largest absolute Gasteiger partial charge is 0.343 e. The summed E-state index contributed by atoms with van der Waals surface area (Å²) in [6, 6.07) is 11.2. The highest BCUT2D eigenvalue weighted by molar-refractivity contribution is 7.89. The number of sulfonamides is 1. The van der Waals surface area contributed by atoms with E-state index in [4.69, 9.17) is 11.6 Å². The van der Waals surface area contributed by atoms with E-state index in [0.717, 1.165) is 12.1 Å². The van der Waals surface area contributed by atoms with Crippen LogP contribution in [0.2, 0.25) is 5.02 Å². The maximum Gasteiger partial charge on any atom is 0.251 e. The molecule has 154 valence electrons. The van der Waals surface area contributed by atoms with Gasteiger partial charge in [0.05, 0.1) is 11.6 Å². The number of benzene rings is 2. The summed E-state index contributed by atoms with van der Waals surface area (Å²) in [5.74, 6) is -1.27. The van der Waals surface area contributed by atoms with E-state index in [0.29, 0.717) is 0 Å². The van der Waals surface area contributed by atoms with E-state index in [1.807, 2.05) is 0 Å². The van der Waals surface area contributed by atoms with Crippen LogP contribution in [-0.2, 0) is 14.8 Å². The van der Waals surface area contributed by atoms with E-state index in [2.05, 4.69) is 5.32 Å². The van der Waals surface area contributed by atoms with Gasteiger partial charge in [0, 0.05) is 31.7 Å². The number of piperazine rings is 1. The summed E-state index contributed by atoms with van der Waals surface area (Å²) in [5.41, 5.74) is 0.245. The van der Waals surface area contributed by atoms with Crippen LogP contribution in [-0.4, -0.2) is 62.2 Å². The summed E-state index contributed by atoms with van der Waals surface area (Å²) in [4.78, 5) is 25.9. The molecular weight excluding hydrogens is 421 g/mol. The Morgan fingerprint density at radius 3 is 2.24 bits per heavy atom. The molecule has 0 bridgehead atoms. The molecule has 1 aliphatic rings. The number of carbonyl (C=O) groups excluding carboxylic acids is 2. The number of nitrogens with zero attached hydrogens (tertiary/aromatic N) is 2. The zero-order valence-electron chi connectivity index (χ0n) is 15.3. The molecule has 1 fully saturated rings. The monoisotopic (exact) mass is 439 g/mol. The minimum absolute atomic E-state index is 0.0352. The van der Waals surface area contributed by atoms with Crippen LogP contribution < -0.4 is 5.32 Å². The van der Waals surface area contributed by atoms with Crippen LogP contribution in [0.15, 0.2) is 53.4 Å². The van der Waals surface area contributed by atoms with Crippen LogP contribution in [0.1, 0.15) is 10.4 Å². The lowest BCUT2D eigenvalue weighted by atomic mass is 10.2. The summed E-state index contributed by atoms with van der Waals surface area (Å²) in [6.07, 6.45) is 0. The number of amides is 2. The first-order chi connectivity index (χ1) is 13.8. The Morgan fingerprint density at radius 2 is 1.62 bits per heavy atom. The number of carbonyl (C=O) groups is 2. The number of hydrogen-bond acceptors (Lipinski definition) is 4. The second-order valence-electron chi connectivity index (χ2n) is 6.40. The standard InChI is InChI=1S/C19H19ClFN3O4S/c20-16-3-1-2-4-17(16)29(27,28)24-11-9-23(10-12-24)18(25)13-22-19(26)14-5-7-15(21)8-6-14/h1-8H,9-13H2,(H,22,26). The molecule has 0 radical (unpaired) electrons. The van der Waals surface area contributed by atoms with Gasteiger partial charge in [0.1, 0.15) is 10.7 Å².